The fourth-order valence-corrected chi connectivity index (χ4v) is 6.99. The van der Waals surface area contributed by atoms with E-state index in [2.05, 4.69) is 4.74 Å². The van der Waals surface area contributed by atoms with Gasteiger partial charge in [-0.2, -0.15) is 0 Å². The summed E-state index contributed by atoms with van der Waals surface area (Å²) in [5.41, 5.74) is 2.25. The molecule has 5 amide bonds. The van der Waals surface area contributed by atoms with E-state index < -0.39 is 88.1 Å². The van der Waals surface area contributed by atoms with Gasteiger partial charge in [0.1, 0.15) is 23.7 Å². The fraction of sp³-hybridized carbons (Fsp3) is 0.480. The molecule has 0 aliphatic carbocycles. The molecule has 1 fully saturated rings. The van der Waals surface area contributed by atoms with E-state index in [0.717, 1.165) is 23.8 Å². The average Bonchev–Trinajstić information content (AvgIpc) is 3.49. The van der Waals surface area contributed by atoms with Crippen LogP contribution < -0.4 is 11.1 Å². The highest BCUT2D eigenvalue weighted by Gasteiger charge is 2.71. The number of thioether (sulfide) groups is 1. The lowest BCUT2D eigenvalue weighted by Crippen LogP contribution is -2.82. The summed E-state index contributed by atoms with van der Waals surface area (Å²) in [5, 5.41) is 22.0. The first-order chi connectivity index (χ1) is 21.6. The number of thiophene rings is 1. The number of imide groups is 1. The van der Waals surface area contributed by atoms with E-state index in [1.165, 1.54) is 11.3 Å². The van der Waals surface area contributed by atoms with Gasteiger partial charge < -0.3 is 35.5 Å². The van der Waals surface area contributed by atoms with E-state index in [1.807, 2.05) is 5.32 Å². The number of primary amides is 1. The molecule has 1 aromatic heterocycles. The number of hydrogen-bond acceptors (Lipinski definition) is 12. The number of carbonyl (C=O) groups excluding carboxylic acids is 5. The number of ether oxygens (including phenoxy) is 3. The number of nitrogens with zero attached hydrogens (tertiary/aromatic N) is 2. The molecule has 2 aliphatic rings. The van der Waals surface area contributed by atoms with Crippen molar-refractivity contribution in [2.24, 2.45) is 5.73 Å². The number of carbonyl (C=O) groups is 7. The van der Waals surface area contributed by atoms with Crippen LogP contribution in [0.2, 0.25) is 0 Å². The van der Waals surface area contributed by atoms with Crippen LogP contribution in [-0.2, 0) is 44.6 Å². The molecule has 1 saturated heterocycles. The Bertz CT molecular complexity index is 1430. The zero-order valence-corrected chi connectivity index (χ0v) is 27.6. The Morgan fingerprint density at radius 1 is 1.24 bits per heavy atom. The number of nitrogens with one attached hydrogen (secondary N) is 1. The summed E-state index contributed by atoms with van der Waals surface area (Å²) in [6, 6.07) is 1.73. The van der Waals surface area contributed by atoms with Gasteiger partial charge in [0.2, 0.25) is 11.8 Å². The number of nitrogens with two attached hydrogens (primary N) is 1. The van der Waals surface area contributed by atoms with Gasteiger partial charge in [0.05, 0.1) is 12.3 Å². The third kappa shape index (κ3) is 8.16. The second-order valence-corrected chi connectivity index (χ2v) is 13.4. The highest BCUT2D eigenvalue weighted by Crippen LogP contribution is 2.50. The molecule has 16 nitrogen and oxygen atoms in total. The second-order valence-electron chi connectivity index (χ2n) is 9.57. The number of halogens is 3. The summed E-state index contributed by atoms with van der Waals surface area (Å²) < 4.78 is 12.8. The lowest BCUT2D eigenvalue weighted by atomic mass is 9.94. The third-order valence-corrected chi connectivity index (χ3v) is 9.90. The zero-order chi connectivity index (χ0) is 34.4. The minimum Gasteiger partial charge on any atom is -0.480 e. The number of aliphatic carboxylic acids is 2. The topological polar surface area (TPSA) is 232 Å². The Morgan fingerprint density at radius 3 is 2.48 bits per heavy atom. The summed E-state index contributed by atoms with van der Waals surface area (Å²) in [5.74, 6) is -6.46. The van der Waals surface area contributed by atoms with Crippen molar-refractivity contribution in [3.63, 3.8) is 0 Å². The van der Waals surface area contributed by atoms with Gasteiger partial charge in [0, 0.05) is 29.7 Å². The van der Waals surface area contributed by atoms with E-state index in [1.54, 1.807) is 17.5 Å². The predicted octanol–water partition coefficient (Wildman–Crippen LogP) is 2.06. The predicted molar refractivity (Wildman–Crippen MR) is 163 cm³/mol. The van der Waals surface area contributed by atoms with Crippen molar-refractivity contribution < 1.29 is 58.0 Å². The van der Waals surface area contributed by atoms with Crippen molar-refractivity contribution in [3.05, 3.63) is 33.7 Å². The lowest BCUT2D eigenvalue weighted by molar-refractivity contribution is -0.223. The Labute approximate surface area is 284 Å². The van der Waals surface area contributed by atoms with Gasteiger partial charge in [-0.3, -0.25) is 19.3 Å². The van der Waals surface area contributed by atoms with Crippen molar-refractivity contribution in [2.45, 2.75) is 47.3 Å². The summed E-state index contributed by atoms with van der Waals surface area (Å²) in [7, 11) is 1.08. The molecule has 21 heteroatoms. The number of amides is 5. The molecule has 1 aromatic rings. The maximum absolute atomic E-state index is 13.8. The fourth-order valence-electron chi connectivity index (χ4n) is 4.64. The van der Waals surface area contributed by atoms with E-state index in [0.29, 0.717) is 9.78 Å². The maximum atomic E-state index is 13.8. The van der Waals surface area contributed by atoms with Crippen molar-refractivity contribution in [2.75, 3.05) is 25.3 Å². The average molecular weight is 746 g/mol. The van der Waals surface area contributed by atoms with Crippen LogP contribution in [0.1, 0.15) is 24.1 Å². The van der Waals surface area contributed by atoms with Gasteiger partial charge in [0.25, 0.3) is 16.2 Å². The molecule has 5 N–H and O–H groups in total. The minimum atomic E-state index is -2.27. The number of hydrogen-bond donors (Lipinski definition) is 4. The number of alkyl carbamates (subject to hydrolysis) is 1. The molecule has 2 aliphatic heterocycles. The van der Waals surface area contributed by atoms with Gasteiger partial charge >= 0.3 is 24.1 Å². The Kier molecular flexibility index (Phi) is 12.6. The van der Waals surface area contributed by atoms with E-state index in [-0.39, 0.29) is 30.6 Å². The first kappa shape index (κ1) is 37.2. The summed E-state index contributed by atoms with van der Waals surface area (Å²) >= 11 is 19.0. The van der Waals surface area contributed by atoms with E-state index >= 15 is 0 Å². The van der Waals surface area contributed by atoms with Crippen molar-refractivity contribution in [1.82, 2.24) is 15.1 Å². The molecular weight excluding hydrogens is 719 g/mol. The second kappa shape index (κ2) is 15.5. The van der Waals surface area contributed by atoms with Gasteiger partial charge in [-0.15, -0.1) is 34.7 Å². The minimum absolute atomic E-state index is 0.0470. The molecular formula is C25H27Cl3N4O12S2. The number of fused-ring (bicyclic) bond motifs is 1. The summed E-state index contributed by atoms with van der Waals surface area (Å²) in [4.78, 5) is 90.3. The van der Waals surface area contributed by atoms with Gasteiger partial charge in [-0.05, 0) is 24.3 Å². The Morgan fingerprint density at radius 2 is 1.93 bits per heavy atom. The molecule has 0 radical (unpaired) electrons. The van der Waals surface area contributed by atoms with Gasteiger partial charge in [0.15, 0.2) is 0 Å². The van der Waals surface area contributed by atoms with E-state index in [9.17, 15) is 43.8 Å². The highest BCUT2D eigenvalue weighted by molar-refractivity contribution is 8.00. The van der Waals surface area contributed by atoms with Crippen LogP contribution in [0.15, 0.2) is 28.8 Å². The third-order valence-electron chi connectivity index (χ3n) is 6.60. The molecule has 0 saturated carbocycles. The molecule has 3 atom stereocenters. The quantitative estimate of drug-likeness (QED) is 0.115. The van der Waals surface area contributed by atoms with Gasteiger partial charge in [-0.1, -0.05) is 29.3 Å². The van der Waals surface area contributed by atoms with E-state index in [4.69, 9.17) is 50.0 Å². The van der Waals surface area contributed by atoms with Crippen LogP contribution in [0, 0.1) is 0 Å². The largest absolute Gasteiger partial charge is 0.480 e. The van der Waals surface area contributed by atoms with Gasteiger partial charge in [-0.25, -0.2) is 24.1 Å². The first-order valence-electron chi connectivity index (χ1n) is 13.0. The van der Waals surface area contributed by atoms with Crippen LogP contribution >= 0.6 is 57.9 Å². The highest BCUT2D eigenvalue weighted by atomic mass is 35.5. The van der Waals surface area contributed by atoms with Crippen LogP contribution in [0.5, 0.6) is 0 Å². The first-order valence-corrected chi connectivity index (χ1v) is 16.2. The smallest absolute Gasteiger partial charge is 0.410 e. The molecule has 0 spiro atoms. The molecule has 0 bridgehead atoms. The monoisotopic (exact) mass is 744 g/mol. The summed E-state index contributed by atoms with van der Waals surface area (Å²) in [6.45, 7) is -0.518. The van der Waals surface area contributed by atoms with Crippen LogP contribution in [0.3, 0.4) is 0 Å². The van der Waals surface area contributed by atoms with Crippen LogP contribution in [-0.4, -0.2) is 109 Å². The zero-order valence-electron chi connectivity index (χ0n) is 23.7. The van der Waals surface area contributed by atoms with Crippen molar-refractivity contribution in [1.29, 1.82) is 0 Å². The number of β-lactam (4-membered cyclic amide) rings is 1. The van der Waals surface area contributed by atoms with Crippen LogP contribution in [0.4, 0.5) is 9.59 Å². The summed E-state index contributed by atoms with van der Waals surface area (Å²) in [6.07, 6.45) is -3.83. The Balaban J connectivity index is 1.87. The normalized spacial score (nSPS) is 19.8. The number of methoxy groups -OCH3 is 1. The maximum Gasteiger partial charge on any atom is 0.410 e. The standard InChI is InChI=1S/C25H27Cl3N4O12S2/c1-42-25(20(39)31-17(19(37)38)12(9-43-22(29)40)10-46-21(25)31)32(16(34)8-13-4-3-7-45-13)15(33)6-2-5-14(18(35)36)30-23(41)44-24(27,28)11-26/h3-4,7,14,21H,2,5-6,8-11H2,1H3,(H2,29,40)(H,30,41)(H,35,36)(H,37,38)/t14?,21-,25?/m1/s1. The molecule has 2 unspecified atom stereocenters. The number of alkyl halides is 3. The van der Waals surface area contributed by atoms with Crippen molar-refractivity contribution >= 4 is 99.7 Å². The lowest BCUT2D eigenvalue weighted by Gasteiger charge is -2.58. The van der Waals surface area contributed by atoms with Crippen molar-refractivity contribution in [3.8, 4) is 0 Å². The molecule has 3 rings (SSSR count). The SMILES string of the molecule is COC1(N(C(=O)CCCC(NC(=O)OC(Cl)(Cl)CCl)C(=O)O)C(=O)Cc2cccs2)C(=O)N2C(C(=O)O)=C(COC(N)=O)CS[C@@H]21. The Hall–Kier alpha value is -3.29. The molecule has 3 heterocycles. The molecule has 0 aromatic carbocycles. The molecule has 252 valence electrons. The molecule has 46 heavy (non-hydrogen) atoms. The number of carboxylic acid groups (broad SMARTS) is 2. The van der Waals surface area contributed by atoms with Crippen LogP contribution in [0.25, 0.3) is 0 Å². The number of carboxylic acids is 2. The number of rotatable bonds is 15.